The van der Waals surface area contributed by atoms with Gasteiger partial charge in [-0.1, -0.05) is 156 Å². The fourth-order valence-electron chi connectivity index (χ4n) is 4.31. The molecule has 0 aromatic heterocycles. The van der Waals surface area contributed by atoms with Crippen molar-refractivity contribution in [1.82, 2.24) is 0 Å². The van der Waals surface area contributed by atoms with E-state index in [1.165, 1.54) is 135 Å². The number of rotatable bonds is 25. The van der Waals surface area contributed by atoms with E-state index in [-0.39, 0.29) is 11.9 Å². The highest BCUT2D eigenvalue weighted by Gasteiger charge is 2.13. The lowest BCUT2D eigenvalue weighted by molar-refractivity contribution is -0.148. The van der Waals surface area contributed by atoms with Gasteiger partial charge in [-0.15, -0.1) is 0 Å². The Morgan fingerprint density at radius 3 is 1.23 bits per heavy atom. The predicted molar refractivity (Wildman–Crippen MR) is 138 cm³/mol. The van der Waals surface area contributed by atoms with Gasteiger partial charge < -0.3 is 4.74 Å². The molecule has 1 atom stereocenters. The highest BCUT2D eigenvalue weighted by molar-refractivity contribution is 5.71. The molecule has 0 aromatic rings. The maximum absolute atomic E-state index is 12.1. The van der Waals surface area contributed by atoms with Gasteiger partial charge in [0.15, 0.2) is 0 Å². The van der Waals surface area contributed by atoms with Crippen LogP contribution in [0, 0.1) is 5.92 Å². The van der Waals surface area contributed by atoms with E-state index in [4.69, 9.17) is 4.74 Å². The molecule has 2 heteroatoms. The van der Waals surface area contributed by atoms with E-state index >= 15 is 0 Å². The van der Waals surface area contributed by atoms with E-state index in [9.17, 15) is 4.79 Å². The summed E-state index contributed by atoms with van der Waals surface area (Å²) in [6, 6.07) is 0. The number of carbonyl (C=O) groups excluding carboxylic acids is 1. The third-order valence-corrected chi connectivity index (χ3v) is 6.64. The highest BCUT2D eigenvalue weighted by atomic mass is 16.5. The minimum absolute atomic E-state index is 0.0268. The Labute approximate surface area is 196 Å². The molecule has 0 aromatic carbocycles. The zero-order valence-electron chi connectivity index (χ0n) is 21.9. The first-order valence-electron chi connectivity index (χ1n) is 14.4. The number of hydrogen-bond acceptors (Lipinski definition) is 2. The van der Waals surface area contributed by atoms with E-state index in [0.717, 1.165) is 12.8 Å². The van der Waals surface area contributed by atoms with Crippen LogP contribution in [0.5, 0.6) is 0 Å². The van der Waals surface area contributed by atoms with Crippen molar-refractivity contribution in [3.05, 3.63) is 0 Å². The van der Waals surface area contributed by atoms with Crippen molar-refractivity contribution in [3.63, 3.8) is 0 Å². The SMILES string of the molecule is CCCCCCCCCCCCCCC(C)C(=O)OCCCCCCCCCCCC. The molecule has 0 N–H and O–H groups in total. The molecular weight excluding hydrogens is 380 g/mol. The van der Waals surface area contributed by atoms with Gasteiger partial charge in [-0.3, -0.25) is 4.79 Å². The fourth-order valence-corrected chi connectivity index (χ4v) is 4.31. The second-order valence-electron chi connectivity index (χ2n) is 9.93. The molecule has 0 saturated carbocycles. The van der Waals surface area contributed by atoms with Crippen LogP contribution in [-0.2, 0) is 9.53 Å². The lowest BCUT2D eigenvalue weighted by Crippen LogP contribution is -2.15. The summed E-state index contributed by atoms with van der Waals surface area (Å²) < 4.78 is 5.49. The van der Waals surface area contributed by atoms with Crippen LogP contribution in [0.1, 0.15) is 168 Å². The number of carbonyl (C=O) groups is 1. The Morgan fingerprint density at radius 2 is 0.839 bits per heavy atom. The minimum Gasteiger partial charge on any atom is -0.465 e. The molecule has 0 rings (SSSR count). The lowest BCUT2D eigenvalue weighted by atomic mass is 10.0. The van der Waals surface area contributed by atoms with Gasteiger partial charge in [0.25, 0.3) is 0 Å². The smallest absolute Gasteiger partial charge is 0.308 e. The molecule has 0 bridgehead atoms. The average Bonchev–Trinajstić information content (AvgIpc) is 2.77. The molecule has 186 valence electrons. The quantitative estimate of drug-likeness (QED) is 0.105. The fraction of sp³-hybridized carbons (Fsp3) is 0.966. The summed E-state index contributed by atoms with van der Waals surface area (Å²) in [4.78, 5) is 12.1. The van der Waals surface area contributed by atoms with Crippen LogP contribution in [0.2, 0.25) is 0 Å². The van der Waals surface area contributed by atoms with E-state index in [1.807, 2.05) is 6.92 Å². The lowest BCUT2D eigenvalue weighted by Gasteiger charge is -2.11. The van der Waals surface area contributed by atoms with E-state index in [2.05, 4.69) is 13.8 Å². The van der Waals surface area contributed by atoms with Crippen molar-refractivity contribution in [2.45, 2.75) is 168 Å². The molecule has 0 saturated heterocycles. The van der Waals surface area contributed by atoms with Gasteiger partial charge in [-0.05, 0) is 12.8 Å². The normalized spacial score (nSPS) is 12.2. The Hall–Kier alpha value is -0.530. The van der Waals surface area contributed by atoms with Crippen LogP contribution in [0.15, 0.2) is 0 Å². The summed E-state index contributed by atoms with van der Waals surface area (Å²) in [6.45, 7) is 7.22. The monoisotopic (exact) mass is 438 g/mol. The van der Waals surface area contributed by atoms with Crippen LogP contribution < -0.4 is 0 Å². The number of hydrogen-bond donors (Lipinski definition) is 0. The van der Waals surface area contributed by atoms with Gasteiger partial charge in [-0.25, -0.2) is 0 Å². The predicted octanol–water partition coefficient (Wildman–Crippen LogP) is 10.2. The van der Waals surface area contributed by atoms with Crippen LogP contribution in [0.3, 0.4) is 0 Å². The summed E-state index contributed by atoms with van der Waals surface area (Å²) in [5.74, 6) is 0.102. The third kappa shape index (κ3) is 24.0. The van der Waals surface area contributed by atoms with Crippen LogP contribution >= 0.6 is 0 Å². The van der Waals surface area contributed by atoms with Crippen LogP contribution in [0.25, 0.3) is 0 Å². The molecule has 0 aliphatic heterocycles. The zero-order chi connectivity index (χ0) is 22.8. The molecule has 0 spiro atoms. The molecule has 0 aliphatic carbocycles. The topological polar surface area (TPSA) is 26.3 Å². The zero-order valence-corrected chi connectivity index (χ0v) is 21.9. The van der Waals surface area contributed by atoms with Crippen LogP contribution in [0.4, 0.5) is 0 Å². The highest BCUT2D eigenvalue weighted by Crippen LogP contribution is 2.16. The third-order valence-electron chi connectivity index (χ3n) is 6.64. The van der Waals surface area contributed by atoms with Gasteiger partial charge in [0.1, 0.15) is 0 Å². The summed E-state index contributed by atoms with van der Waals surface area (Å²) in [5, 5.41) is 0. The first-order valence-corrected chi connectivity index (χ1v) is 14.4. The number of ether oxygens (including phenoxy) is 1. The summed E-state index contributed by atoms with van der Waals surface area (Å²) in [5.41, 5.74) is 0. The molecular formula is C29H58O2. The van der Waals surface area contributed by atoms with Crippen molar-refractivity contribution in [3.8, 4) is 0 Å². The maximum Gasteiger partial charge on any atom is 0.308 e. The van der Waals surface area contributed by atoms with E-state index in [0.29, 0.717) is 6.61 Å². The van der Waals surface area contributed by atoms with Gasteiger partial charge >= 0.3 is 5.97 Å². The molecule has 1 unspecified atom stereocenters. The van der Waals surface area contributed by atoms with Crippen molar-refractivity contribution < 1.29 is 9.53 Å². The Bertz CT molecular complexity index is 353. The first kappa shape index (κ1) is 30.5. The summed E-state index contributed by atoms with van der Waals surface area (Å²) in [7, 11) is 0. The standard InChI is InChI=1S/C29H58O2/c1-4-6-8-10-12-14-16-17-18-20-22-24-26-28(3)29(30)31-27-25-23-21-19-15-13-11-9-7-5-2/h28H,4-27H2,1-3H3. The number of esters is 1. The van der Waals surface area contributed by atoms with Crippen molar-refractivity contribution >= 4 is 5.97 Å². The van der Waals surface area contributed by atoms with E-state index in [1.54, 1.807) is 0 Å². The molecule has 31 heavy (non-hydrogen) atoms. The number of unbranched alkanes of at least 4 members (excludes halogenated alkanes) is 20. The minimum atomic E-state index is 0.0268. The second kappa shape index (κ2) is 25.7. The largest absolute Gasteiger partial charge is 0.465 e. The molecule has 0 amide bonds. The molecule has 2 nitrogen and oxygen atoms in total. The van der Waals surface area contributed by atoms with Crippen molar-refractivity contribution in [2.75, 3.05) is 6.61 Å². The summed E-state index contributed by atoms with van der Waals surface area (Å²) in [6.07, 6.45) is 30.6. The molecule has 0 aliphatic rings. The second-order valence-corrected chi connectivity index (χ2v) is 9.93. The Kier molecular flexibility index (Phi) is 25.3. The van der Waals surface area contributed by atoms with Crippen LogP contribution in [-0.4, -0.2) is 12.6 Å². The van der Waals surface area contributed by atoms with E-state index < -0.39 is 0 Å². The van der Waals surface area contributed by atoms with Crippen molar-refractivity contribution in [1.29, 1.82) is 0 Å². The van der Waals surface area contributed by atoms with Crippen molar-refractivity contribution in [2.24, 2.45) is 5.92 Å². The first-order chi connectivity index (χ1) is 15.2. The molecule has 0 heterocycles. The van der Waals surface area contributed by atoms with Gasteiger partial charge in [0.2, 0.25) is 0 Å². The average molecular weight is 439 g/mol. The molecule has 0 radical (unpaired) electrons. The Balaban J connectivity index is 3.30. The summed E-state index contributed by atoms with van der Waals surface area (Å²) >= 11 is 0. The van der Waals surface area contributed by atoms with Gasteiger partial charge in [0.05, 0.1) is 12.5 Å². The maximum atomic E-state index is 12.1. The van der Waals surface area contributed by atoms with Gasteiger partial charge in [0, 0.05) is 0 Å². The molecule has 0 fully saturated rings. The Morgan fingerprint density at radius 1 is 0.516 bits per heavy atom. The van der Waals surface area contributed by atoms with Gasteiger partial charge in [-0.2, -0.15) is 0 Å².